The van der Waals surface area contributed by atoms with Crippen LogP contribution in [0.2, 0.25) is 0 Å². The average molecular weight is 298 g/mol. The summed E-state index contributed by atoms with van der Waals surface area (Å²) in [5, 5.41) is 9.99. The predicted octanol–water partition coefficient (Wildman–Crippen LogP) is 2.01. The molecular formula is C16H15FN4O. The standard InChI is InChI=1S/C16H15FN4O/c17-12-3-10-9(16(12)18)1-2-13-11(10)4-14(21-13)15-6-19-8(7-22)5-20-15/h1-2,4-6,12,16,21-22H,3,7,18H2/t12-,16+/m0/s1. The van der Waals surface area contributed by atoms with Crippen molar-refractivity contribution in [3.8, 4) is 11.4 Å². The Kier molecular flexibility index (Phi) is 2.95. The monoisotopic (exact) mass is 298 g/mol. The van der Waals surface area contributed by atoms with Crippen LogP contribution in [0, 0.1) is 0 Å². The Morgan fingerprint density at radius 2 is 2.18 bits per heavy atom. The second kappa shape index (κ2) is 4.86. The fourth-order valence-corrected chi connectivity index (χ4v) is 3.05. The van der Waals surface area contributed by atoms with Crippen LogP contribution in [0.3, 0.4) is 0 Å². The Bertz CT molecular complexity index is 843. The molecule has 2 atom stereocenters. The van der Waals surface area contributed by atoms with Gasteiger partial charge in [0, 0.05) is 17.3 Å². The van der Waals surface area contributed by atoms with Gasteiger partial charge in [0.25, 0.3) is 0 Å². The molecule has 0 fully saturated rings. The molecule has 4 N–H and O–H groups in total. The van der Waals surface area contributed by atoms with Crippen LogP contribution in [0.5, 0.6) is 0 Å². The molecule has 1 aromatic carbocycles. The lowest BCUT2D eigenvalue weighted by molar-refractivity contribution is 0.276. The molecule has 0 unspecified atom stereocenters. The number of H-pyrrole nitrogens is 1. The number of nitrogens with two attached hydrogens (primary N) is 1. The van der Waals surface area contributed by atoms with Crippen molar-refractivity contribution in [1.82, 2.24) is 15.0 Å². The second-order valence-electron chi connectivity index (χ2n) is 5.57. The first-order valence-electron chi connectivity index (χ1n) is 7.13. The van der Waals surface area contributed by atoms with E-state index < -0.39 is 12.2 Å². The summed E-state index contributed by atoms with van der Waals surface area (Å²) in [6.45, 7) is -0.136. The molecule has 22 heavy (non-hydrogen) atoms. The van der Waals surface area contributed by atoms with Gasteiger partial charge in [-0.1, -0.05) is 6.07 Å². The molecule has 1 aliphatic carbocycles. The summed E-state index contributed by atoms with van der Waals surface area (Å²) in [5.41, 5.74) is 10.7. The molecule has 1 aliphatic rings. The molecule has 3 aromatic rings. The van der Waals surface area contributed by atoms with Gasteiger partial charge in [-0.05, 0) is 23.3 Å². The van der Waals surface area contributed by atoms with E-state index in [0.29, 0.717) is 17.8 Å². The lowest BCUT2D eigenvalue weighted by Gasteiger charge is -2.06. The van der Waals surface area contributed by atoms with Crippen molar-refractivity contribution >= 4 is 10.9 Å². The Morgan fingerprint density at radius 3 is 2.91 bits per heavy atom. The van der Waals surface area contributed by atoms with E-state index in [0.717, 1.165) is 27.7 Å². The first-order valence-corrected chi connectivity index (χ1v) is 7.13. The van der Waals surface area contributed by atoms with Gasteiger partial charge in [0.1, 0.15) is 11.9 Å². The minimum Gasteiger partial charge on any atom is -0.390 e. The summed E-state index contributed by atoms with van der Waals surface area (Å²) in [7, 11) is 0. The zero-order chi connectivity index (χ0) is 15.3. The van der Waals surface area contributed by atoms with E-state index in [-0.39, 0.29) is 6.61 Å². The topological polar surface area (TPSA) is 87.8 Å². The van der Waals surface area contributed by atoms with E-state index in [1.165, 1.54) is 0 Å². The molecule has 0 radical (unpaired) electrons. The third kappa shape index (κ3) is 1.92. The van der Waals surface area contributed by atoms with Crippen LogP contribution >= 0.6 is 0 Å². The van der Waals surface area contributed by atoms with Crippen LogP contribution in [0.25, 0.3) is 22.3 Å². The number of fused-ring (bicyclic) bond motifs is 3. The predicted molar refractivity (Wildman–Crippen MR) is 80.8 cm³/mol. The molecule has 0 saturated carbocycles. The molecule has 0 aliphatic heterocycles. The fraction of sp³-hybridized carbons (Fsp3) is 0.250. The van der Waals surface area contributed by atoms with E-state index >= 15 is 0 Å². The number of nitrogens with zero attached hydrogens (tertiary/aromatic N) is 2. The molecule has 112 valence electrons. The van der Waals surface area contributed by atoms with Crippen molar-refractivity contribution in [2.24, 2.45) is 5.73 Å². The summed E-state index contributed by atoms with van der Waals surface area (Å²) < 4.78 is 13.9. The average Bonchev–Trinajstić information content (AvgIpc) is 3.10. The normalized spacial score (nSPS) is 20.5. The van der Waals surface area contributed by atoms with Crippen molar-refractivity contribution in [1.29, 1.82) is 0 Å². The SMILES string of the molecule is N[C@@H]1c2ccc3[nH]c(-c4cnc(CO)cn4)cc3c2C[C@@H]1F. The van der Waals surface area contributed by atoms with Crippen LogP contribution in [-0.4, -0.2) is 26.2 Å². The van der Waals surface area contributed by atoms with Gasteiger partial charge in [0.2, 0.25) is 0 Å². The number of aliphatic hydroxyl groups is 1. The molecule has 0 bridgehead atoms. The van der Waals surface area contributed by atoms with Crippen LogP contribution in [0.1, 0.15) is 22.9 Å². The van der Waals surface area contributed by atoms with Gasteiger partial charge in [-0.2, -0.15) is 0 Å². The number of rotatable bonds is 2. The van der Waals surface area contributed by atoms with Crippen LogP contribution in [0.15, 0.2) is 30.6 Å². The highest BCUT2D eigenvalue weighted by atomic mass is 19.1. The highest BCUT2D eigenvalue weighted by Gasteiger charge is 2.31. The molecule has 0 saturated heterocycles. The summed E-state index contributed by atoms with van der Waals surface area (Å²) in [6.07, 6.45) is 2.47. The number of hydrogen-bond donors (Lipinski definition) is 3. The molecule has 2 heterocycles. The third-order valence-electron chi connectivity index (χ3n) is 4.24. The molecule has 0 spiro atoms. The third-order valence-corrected chi connectivity index (χ3v) is 4.24. The first-order chi connectivity index (χ1) is 10.7. The number of benzene rings is 1. The van der Waals surface area contributed by atoms with Gasteiger partial charge in [0.05, 0.1) is 36.4 Å². The quantitative estimate of drug-likeness (QED) is 0.675. The Hall–Kier alpha value is -2.31. The van der Waals surface area contributed by atoms with Gasteiger partial charge in [-0.15, -0.1) is 0 Å². The van der Waals surface area contributed by atoms with Gasteiger partial charge in [0.15, 0.2) is 0 Å². The number of halogens is 1. The smallest absolute Gasteiger partial charge is 0.123 e. The zero-order valence-electron chi connectivity index (χ0n) is 11.8. The van der Waals surface area contributed by atoms with E-state index in [4.69, 9.17) is 10.8 Å². The second-order valence-corrected chi connectivity index (χ2v) is 5.57. The molecule has 4 rings (SSSR count). The number of aromatic nitrogens is 3. The number of aliphatic hydroxyl groups excluding tert-OH is 1. The van der Waals surface area contributed by atoms with Gasteiger partial charge in [-0.25, -0.2) is 4.39 Å². The molecule has 2 aromatic heterocycles. The van der Waals surface area contributed by atoms with Crippen LogP contribution in [-0.2, 0) is 13.0 Å². The Morgan fingerprint density at radius 1 is 1.32 bits per heavy atom. The summed E-state index contributed by atoms with van der Waals surface area (Å²) in [4.78, 5) is 11.7. The van der Waals surface area contributed by atoms with E-state index in [2.05, 4.69) is 15.0 Å². The van der Waals surface area contributed by atoms with Crippen molar-refractivity contribution in [3.63, 3.8) is 0 Å². The summed E-state index contributed by atoms with van der Waals surface area (Å²) >= 11 is 0. The molecule has 6 heteroatoms. The van der Waals surface area contributed by atoms with E-state index in [1.807, 2.05) is 18.2 Å². The molecular weight excluding hydrogens is 283 g/mol. The maximum atomic E-state index is 13.9. The highest BCUT2D eigenvalue weighted by Crippen LogP contribution is 2.37. The lowest BCUT2D eigenvalue weighted by atomic mass is 10.0. The first kappa shape index (κ1) is 13.4. The van der Waals surface area contributed by atoms with Crippen molar-refractivity contribution in [2.75, 3.05) is 0 Å². The van der Waals surface area contributed by atoms with Crippen molar-refractivity contribution < 1.29 is 9.50 Å². The van der Waals surface area contributed by atoms with E-state index in [1.54, 1.807) is 12.4 Å². The largest absolute Gasteiger partial charge is 0.390 e. The Balaban J connectivity index is 1.83. The maximum absolute atomic E-state index is 13.9. The highest BCUT2D eigenvalue weighted by molar-refractivity contribution is 5.89. The summed E-state index contributed by atoms with van der Waals surface area (Å²) in [5.74, 6) is 0. The van der Waals surface area contributed by atoms with Gasteiger partial charge < -0.3 is 15.8 Å². The van der Waals surface area contributed by atoms with Gasteiger partial charge in [-0.3, -0.25) is 9.97 Å². The lowest BCUT2D eigenvalue weighted by Crippen LogP contribution is -2.17. The number of hydrogen-bond acceptors (Lipinski definition) is 4. The number of nitrogens with one attached hydrogen (secondary N) is 1. The van der Waals surface area contributed by atoms with E-state index in [9.17, 15) is 4.39 Å². The molecule has 5 nitrogen and oxygen atoms in total. The van der Waals surface area contributed by atoms with Crippen LogP contribution in [0.4, 0.5) is 4.39 Å². The van der Waals surface area contributed by atoms with Crippen molar-refractivity contribution in [2.45, 2.75) is 25.2 Å². The summed E-state index contributed by atoms with van der Waals surface area (Å²) in [6, 6.07) is 5.23. The fourth-order valence-electron chi connectivity index (χ4n) is 3.05. The van der Waals surface area contributed by atoms with Crippen molar-refractivity contribution in [3.05, 3.63) is 47.4 Å². The zero-order valence-corrected chi connectivity index (χ0v) is 11.8. The minimum atomic E-state index is -1.03. The minimum absolute atomic E-state index is 0.136. The number of aromatic amines is 1. The van der Waals surface area contributed by atoms with Crippen LogP contribution < -0.4 is 5.73 Å². The maximum Gasteiger partial charge on any atom is 0.123 e. The number of alkyl halides is 1. The molecule has 0 amide bonds. The van der Waals surface area contributed by atoms with Gasteiger partial charge >= 0.3 is 0 Å². The Labute approximate surface area is 126 Å².